The van der Waals surface area contributed by atoms with Crippen LogP contribution in [-0.4, -0.2) is 36.6 Å². The second-order valence-corrected chi connectivity index (χ2v) is 5.70. The molecule has 2 atom stereocenters. The van der Waals surface area contributed by atoms with Crippen LogP contribution in [0.4, 0.5) is 0 Å². The van der Waals surface area contributed by atoms with Crippen molar-refractivity contribution in [3.05, 3.63) is 22.4 Å². The maximum Gasteiger partial charge on any atom is 0.0207 e. The van der Waals surface area contributed by atoms with E-state index in [1.165, 1.54) is 30.8 Å². The highest BCUT2D eigenvalue weighted by Gasteiger charge is 2.25. The average Bonchev–Trinajstić information content (AvgIpc) is 2.89. The van der Waals surface area contributed by atoms with Crippen LogP contribution in [0.15, 0.2) is 17.5 Å². The quantitative estimate of drug-likeness (QED) is 0.847. The Hall–Kier alpha value is -0.380. The lowest BCUT2D eigenvalue weighted by Crippen LogP contribution is -2.36. The van der Waals surface area contributed by atoms with Gasteiger partial charge in [-0.25, -0.2) is 0 Å². The first kappa shape index (κ1) is 12.1. The van der Waals surface area contributed by atoms with E-state index in [0.29, 0.717) is 6.04 Å². The van der Waals surface area contributed by atoms with Crippen molar-refractivity contribution in [2.75, 3.05) is 19.6 Å². The molecule has 0 aliphatic carbocycles. The summed E-state index contributed by atoms with van der Waals surface area (Å²) in [7, 11) is 0. The molecule has 1 aliphatic heterocycles. The molecule has 2 nitrogen and oxygen atoms in total. The third-order valence-corrected chi connectivity index (χ3v) is 4.31. The molecule has 2 rings (SSSR count). The molecule has 2 heterocycles. The second kappa shape index (κ2) is 5.80. The zero-order valence-electron chi connectivity index (χ0n) is 10.3. The fourth-order valence-electron chi connectivity index (χ4n) is 2.49. The van der Waals surface area contributed by atoms with Gasteiger partial charge in [-0.05, 0) is 37.8 Å². The van der Waals surface area contributed by atoms with Crippen molar-refractivity contribution in [1.82, 2.24) is 10.2 Å². The smallest absolute Gasteiger partial charge is 0.0207 e. The van der Waals surface area contributed by atoms with E-state index >= 15 is 0 Å². The van der Waals surface area contributed by atoms with Gasteiger partial charge in [-0.1, -0.05) is 13.0 Å². The Morgan fingerprint density at radius 3 is 3.19 bits per heavy atom. The Morgan fingerprint density at radius 1 is 1.62 bits per heavy atom. The summed E-state index contributed by atoms with van der Waals surface area (Å²) < 4.78 is 0. The molecule has 16 heavy (non-hydrogen) atoms. The van der Waals surface area contributed by atoms with Gasteiger partial charge in [0, 0.05) is 30.1 Å². The van der Waals surface area contributed by atoms with Crippen LogP contribution in [0.3, 0.4) is 0 Å². The molecule has 0 bridgehead atoms. The number of likely N-dealkylation sites (N-methyl/N-ethyl adjacent to an activating group) is 1. The summed E-state index contributed by atoms with van der Waals surface area (Å²) in [4.78, 5) is 4.13. The molecule has 1 aromatic heterocycles. The molecule has 1 N–H and O–H groups in total. The van der Waals surface area contributed by atoms with E-state index in [0.717, 1.165) is 12.6 Å². The lowest BCUT2D eigenvalue weighted by molar-refractivity contribution is 0.252. The van der Waals surface area contributed by atoms with Gasteiger partial charge in [-0.3, -0.25) is 4.90 Å². The van der Waals surface area contributed by atoms with Gasteiger partial charge in [0.05, 0.1) is 0 Å². The number of hydrogen-bond acceptors (Lipinski definition) is 3. The Bertz CT molecular complexity index is 297. The molecule has 1 aliphatic rings. The molecular formula is C13H22N2S. The summed E-state index contributed by atoms with van der Waals surface area (Å²) >= 11 is 1.88. The number of hydrogen-bond donors (Lipinski definition) is 1. The molecule has 1 fully saturated rings. The summed E-state index contributed by atoms with van der Waals surface area (Å²) in [6.07, 6.45) is 2.51. The van der Waals surface area contributed by atoms with Gasteiger partial charge in [0.2, 0.25) is 0 Å². The van der Waals surface area contributed by atoms with Crippen LogP contribution in [0.5, 0.6) is 0 Å². The van der Waals surface area contributed by atoms with Crippen molar-refractivity contribution in [3.8, 4) is 0 Å². The monoisotopic (exact) mass is 238 g/mol. The molecule has 0 saturated carbocycles. The third kappa shape index (κ3) is 3.06. The number of likely N-dealkylation sites (tertiary alicyclic amines) is 1. The van der Waals surface area contributed by atoms with Crippen molar-refractivity contribution >= 4 is 11.3 Å². The van der Waals surface area contributed by atoms with Crippen LogP contribution in [0, 0.1) is 0 Å². The van der Waals surface area contributed by atoms with Crippen molar-refractivity contribution < 1.29 is 0 Å². The maximum atomic E-state index is 3.55. The van der Waals surface area contributed by atoms with E-state index in [2.05, 4.69) is 41.6 Å². The van der Waals surface area contributed by atoms with Crippen molar-refractivity contribution in [3.63, 3.8) is 0 Å². The Kier molecular flexibility index (Phi) is 4.38. The van der Waals surface area contributed by atoms with Gasteiger partial charge in [-0.15, -0.1) is 11.3 Å². The molecule has 0 spiro atoms. The Balaban J connectivity index is 1.80. The predicted molar refractivity (Wildman–Crippen MR) is 71.1 cm³/mol. The minimum absolute atomic E-state index is 0.683. The summed E-state index contributed by atoms with van der Waals surface area (Å²) in [5.41, 5.74) is 0. The molecule has 0 amide bonds. The minimum atomic E-state index is 0.683. The van der Waals surface area contributed by atoms with Crippen LogP contribution in [0.2, 0.25) is 0 Å². The van der Waals surface area contributed by atoms with E-state index in [4.69, 9.17) is 0 Å². The zero-order chi connectivity index (χ0) is 11.4. The van der Waals surface area contributed by atoms with Gasteiger partial charge < -0.3 is 5.32 Å². The van der Waals surface area contributed by atoms with Crippen LogP contribution in [-0.2, 0) is 6.42 Å². The van der Waals surface area contributed by atoms with Crippen LogP contribution in [0.1, 0.15) is 25.1 Å². The van der Waals surface area contributed by atoms with Crippen LogP contribution >= 0.6 is 11.3 Å². The fraction of sp³-hybridized carbons (Fsp3) is 0.692. The number of nitrogens with zero attached hydrogens (tertiary/aromatic N) is 1. The third-order valence-electron chi connectivity index (χ3n) is 3.41. The minimum Gasteiger partial charge on any atom is -0.313 e. The maximum absolute atomic E-state index is 3.55. The Labute approximate surface area is 103 Å². The standard InChI is InChI=1S/C13H22N2S/c1-3-14-12-6-7-15(10-12)11(2)9-13-5-4-8-16-13/h4-5,8,11-12,14H,3,6-7,9-10H2,1-2H3. The average molecular weight is 238 g/mol. The van der Waals surface area contributed by atoms with Gasteiger partial charge >= 0.3 is 0 Å². The lowest BCUT2D eigenvalue weighted by atomic mass is 10.2. The number of rotatable bonds is 5. The van der Waals surface area contributed by atoms with Gasteiger partial charge in [-0.2, -0.15) is 0 Å². The molecule has 1 saturated heterocycles. The largest absolute Gasteiger partial charge is 0.313 e. The summed E-state index contributed by atoms with van der Waals surface area (Å²) in [6.45, 7) is 8.12. The van der Waals surface area contributed by atoms with Crippen LogP contribution in [0.25, 0.3) is 0 Å². The summed E-state index contributed by atoms with van der Waals surface area (Å²) in [5.74, 6) is 0. The normalized spacial score (nSPS) is 23.8. The van der Waals surface area contributed by atoms with Crippen molar-refractivity contribution in [1.29, 1.82) is 0 Å². The van der Waals surface area contributed by atoms with Gasteiger partial charge in [0.25, 0.3) is 0 Å². The SMILES string of the molecule is CCNC1CCN(C(C)Cc2cccs2)C1. The molecule has 3 heteroatoms. The first-order valence-electron chi connectivity index (χ1n) is 6.29. The first-order valence-corrected chi connectivity index (χ1v) is 7.17. The molecule has 0 aromatic carbocycles. The van der Waals surface area contributed by atoms with Gasteiger partial charge in [0.1, 0.15) is 0 Å². The topological polar surface area (TPSA) is 15.3 Å². The van der Waals surface area contributed by atoms with Crippen molar-refractivity contribution in [2.24, 2.45) is 0 Å². The Morgan fingerprint density at radius 2 is 2.50 bits per heavy atom. The number of thiophene rings is 1. The van der Waals surface area contributed by atoms with E-state index in [1.54, 1.807) is 0 Å². The zero-order valence-corrected chi connectivity index (χ0v) is 11.1. The first-order chi connectivity index (χ1) is 7.79. The van der Waals surface area contributed by atoms with E-state index < -0.39 is 0 Å². The number of nitrogens with one attached hydrogen (secondary N) is 1. The highest BCUT2D eigenvalue weighted by Crippen LogP contribution is 2.18. The molecular weight excluding hydrogens is 216 g/mol. The van der Waals surface area contributed by atoms with E-state index in [-0.39, 0.29) is 0 Å². The highest BCUT2D eigenvalue weighted by molar-refractivity contribution is 7.09. The highest BCUT2D eigenvalue weighted by atomic mass is 32.1. The summed E-state index contributed by atoms with van der Waals surface area (Å²) in [5, 5.41) is 5.72. The second-order valence-electron chi connectivity index (χ2n) is 4.67. The summed E-state index contributed by atoms with van der Waals surface area (Å²) in [6, 6.07) is 5.80. The van der Waals surface area contributed by atoms with Crippen LogP contribution < -0.4 is 5.32 Å². The van der Waals surface area contributed by atoms with E-state index in [1.807, 2.05) is 11.3 Å². The van der Waals surface area contributed by atoms with Gasteiger partial charge in [0.15, 0.2) is 0 Å². The lowest BCUT2D eigenvalue weighted by Gasteiger charge is -2.24. The fourth-order valence-corrected chi connectivity index (χ4v) is 3.32. The predicted octanol–water partition coefficient (Wildman–Crippen LogP) is 2.36. The molecule has 90 valence electrons. The van der Waals surface area contributed by atoms with E-state index in [9.17, 15) is 0 Å². The molecule has 0 radical (unpaired) electrons. The molecule has 1 aromatic rings. The molecule has 2 unspecified atom stereocenters. The van der Waals surface area contributed by atoms with Crippen molar-refractivity contribution in [2.45, 2.75) is 38.8 Å².